The molecule has 1 aliphatic rings. The van der Waals surface area contributed by atoms with E-state index in [9.17, 15) is 9.59 Å². The summed E-state index contributed by atoms with van der Waals surface area (Å²) < 4.78 is 6.36. The molecule has 1 N–H and O–H groups in total. The highest BCUT2D eigenvalue weighted by Crippen LogP contribution is 2.38. The third-order valence-electron chi connectivity index (χ3n) is 3.62. The van der Waals surface area contributed by atoms with Crippen molar-refractivity contribution in [2.24, 2.45) is 0 Å². The van der Waals surface area contributed by atoms with Crippen LogP contribution in [0.3, 0.4) is 0 Å². The number of nitrogens with one attached hydrogen (secondary N) is 1. The molecule has 1 saturated carbocycles. The summed E-state index contributed by atoms with van der Waals surface area (Å²) >= 11 is 0. The number of ether oxygens (including phenoxy) is 1. The van der Waals surface area contributed by atoms with Gasteiger partial charge in [0.1, 0.15) is 0 Å². The third kappa shape index (κ3) is 3.71. The van der Waals surface area contributed by atoms with E-state index in [1.165, 1.54) is 24.1 Å². The minimum Gasteiger partial charge on any atom is -0.480 e. The van der Waals surface area contributed by atoms with E-state index in [0.717, 1.165) is 18.5 Å². The number of carbonyl (C=O) groups excluding carboxylic acids is 1. The van der Waals surface area contributed by atoms with Crippen molar-refractivity contribution in [2.45, 2.75) is 25.3 Å². The van der Waals surface area contributed by atoms with Crippen molar-refractivity contribution in [1.82, 2.24) is 25.1 Å². The van der Waals surface area contributed by atoms with Gasteiger partial charge in [0.25, 0.3) is 11.5 Å². The number of nitrogens with zero attached hydrogens (tertiary/aromatic N) is 4. The highest BCUT2D eigenvalue weighted by atomic mass is 16.5. The lowest BCUT2D eigenvalue weighted by molar-refractivity contribution is 0.0946. The van der Waals surface area contributed by atoms with Crippen LogP contribution in [-0.2, 0) is 6.54 Å². The molecule has 8 nitrogen and oxygen atoms in total. The molecule has 0 atom stereocenters. The Balaban J connectivity index is 1.54. The fourth-order valence-electron chi connectivity index (χ4n) is 2.14. The number of hydrogen-bond donors (Lipinski definition) is 1. The zero-order chi connectivity index (χ0) is 16.2. The minimum atomic E-state index is -0.351. The lowest BCUT2D eigenvalue weighted by atomic mass is 10.3. The maximum atomic E-state index is 12.0. The van der Waals surface area contributed by atoms with Crippen LogP contribution in [0.4, 0.5) is 0 Å². The fourth-order valence-corrected chi connectivity index (χ4v) is 2.14. The Morgan fingerprint density at radius 2 is 2.22 bits per heavy atom. The van der Waals surface area contributed by atoms with Gasteiger partial charge in [-0.25, -0.2) is 4.98 Å². The number of hydrogen-bond acceptors (Lipinski definition) is 6. The first kappa shape index (κ1) is 15.1. The van der Waals surface area contributed by atoms with E-state index in [4.69, 9.17) is 4.74 Å². The molecular weight excluding hydrogens is 298 g/mol. The first-order valence-electron chi connectivity index (χ1n) is 7.39. The van der Waals surface area contributed by atoms with Gasteiger partial charge in [0, 0.05) is 31.1 Å². The van der Waals surface area contributed by atoms with Gasteiger partial charge < -0.3 is 10.1 Å². The zero-order valence-electron chi connectivity index (χ0n) is 12.7. The lowest BCUT2D eigenvalue weighted by Gasteiger charge is -2.07. The Kier molecular flexibility index (Phi) is 4.31. The summed E-state index contributed by atoms with van der Waals surface area (Å²) in [5, 5.41) is 10.2. The van der Waals surface area contributed by atoms with Gasteiger partial charge in [-0.2, -0.15) is 0 Å². The van der Waals surface area contributed by atoms with Crippen LogP contribution in [0, 0.1) is 0 Å². The average Bonchev–Trinajstić information content (AvgIpc) is 3.41. The van der Waals surface area contributed by atoms with Crippen LogP contribution in [0.1, 0.15) is 34.9 Å². The SMILES string of the molecule is COc1ccc(C(=O)NCCn2cnc(C3CC3)cc2=O)nn1. The monoisotopic (exact) mass is 315 g/mol. The minimum absolute atomic E-state index is 0.0969. The van der Waals surface area contributed by atoms with Gasteiger partial charge >= 0.3 is 0 Å². The number of methoxy groups -OCH3 is 1. The predicted molar refractivity (Wildman–Crippen MR) is 81.4 cm³/mol. The molecule has 3 rings (SSSR count). The summed E-state index contributed by atoms with van der Waals surface area (Å²) in [5.74, 6) is 0.441. The van der Waals surface area contributed by atoms with Crippen molar-refractivity contribution in [3.05, 3.63) is 46.3 Å². The molecule has 0 unspecified atom stereocenters. The van der Waals surface area contributed by atoms with E-state index in [0.29, 0.717) is 24.9 Å². The maximum Gasteiger partial charge on any atom is 0.271 e. The molecule has 120 valence electrons. The second kappa shape index (κ2) is 6.55. The Bertz CT molecular complexity index is 752. The van der Waals surface area contributed by atoms with Crippen molar-refractivity contribution < 1.29 is 9.53 Å². The quantitative estimate of drug-likeness (QED) is 0.826. The highest BCUT2D eigenvalue weighted by molar-refractivity contribution is 5.92. The Labute approximate surface area is 132 Å². The number of rotatable bonds is 6. The largest absolute Gasteiger partial charge is 0.480 e. The molecule has 0 saturated heterocycles. The smallest absolute Gasteiger partial charge is 0.271 e. The van der Waals surface area contributed by atoms with Crippen LogP contribution in [-0.4, -0.2) is 39.3 Å². The predicted octanol–water partition coefficient (Wildman–Crippen LogP) is 0.349. The van der Waals surface area contributed by atoms with Crippen molar-refractivity contribution >= 4 is 5.91 Å². The normalized spacial score (nSPS) is 13.6. The van der Waals surface area contributed by atoms with Gasteiger partial charge in [0.2, 0.25) is 5.88 Å². The summed E-state index contributed by atoms with van der Waals surface area (Å²) in [6.07, 6.45) is 3.75. The average molecular weight is 315 g/mol. The van der Waals surface area contributed by atoms with Crippen LogP contribution in [0.2, 0.25) is 0 Å². The maximum absolute atomic E-state index is 12.0. The topological polar surface area (TPSA) is 99.0 Å². The molecule has 0 radical (unpaired) electrons. The molecule has 2 heterocycles. The second-order valence-electron chi connectivity index (χ2n) is 5.34. The van der Waals surface area contributed by atoms with Gasteiger partial charge in [0.05, 0.1) is 19.1 Å². The molecule has 2 aromatic rings. The first-order valence-corrected chi connectivity index (χ1v) is 7.39. The van der Waals surface area contributed by atoms with Crippen molar-refractivity contribution in [1.29, 1.82) is 0 Å². The number of amides is 1. The summed E-state index contributed by atoms with van der Waals surface area (Å²) in [6, 6.07) is 4.67. The van der Waals surface area contributed by atoms with Gasteiger partial charge in [-0.3, -0.25) is 14.2 Å². The summed E-state index contributed by atoms with van der Waals surface area (Å²) in [6.45, 7) is 0.656. The van der Waals surface area contributed by atoms with E-state index >= 15 is 0 Å². The van der Waals surface area contributed by atoms with E-state index in [2.05, 4.69) is 20.5 Å². The standard InChI is InChI=1S/C15H17N5O3/c1-23-13-5-4-11(18-19-13)15(22)16-6-7-20-9-17-12(8-14(20)21)10-2-3-10/h4-5,8-10H,2-3,6-7H2,1H3,(H,16,22). The van der Waals surface area contributed by atoms with E-state index in [-0.39, 0.29) is 17.2 Å². The third-order valence-corrected chi connectivity index (χ3v) is 3.62. The molecular formula is C15H17N5O3. The Morgan fingerprint density at radius 1 is 1.39 bits per heavy atom. The molecule has 0 aliphatic heterocycles. The Morgan fingerprint density at radius 3 is 2.83 bits per heavy atom. The lowest BCUT2D eigenvalue weighted by Crippen LogP contribution is -2.31. The molecule has 0 bridgehead atoms. The van der Waals surface area contributed by atoms with Crippen LogP contribution < -0.4 is 15.6 Å². The zero-order valence-corrected chi connectivity index (χ0v) is 12.7. The summed E-state index contributed by atoms with van der Waals surface area (Å²) in [4.78, 5) is 28.2. The van der Waals surface area contributed by atoms with Crippen LogP contribution in [0.5, 0.6) is 5.88 Å². The molecule has 8 heteroatoms. The van der Waals surface area contributed by atoms with Crippen molar-refractivity contribution in [3.8, 4) is 5.88 Å². The van der Waals surface area contributed by atoms with E-state index in [1.54, 1.807) is 12.1 Å². The first-order chi connectivity index (χ1) is 11.2. The van der Waals surface area contributed by atoms with Gasteiger partial charge in [-0.1, -0.05) is 0 Å². The van der Waals surface area contributed by atoms with E-state index in [1.807, 2.05) is 0 Å². The van der Waals surface area contributed by atoms with Crippen molar-refractivity contribution in [3.63, 3.8) is 0 Å². The summed E-state index contributed by atoms with van der Waals surface area (Å²) in [7, 11) is 1.48. The van der Waals surface area contributed by atoms with Gasteiger partial charge in [-0.15, -0.1) is 10.2 Å². The van der Waals surface area contributed by atoms with E-state index < -0.39 is 0 Å². The van der Waals surface area contributed by atoms with Gasteiger partial charge in [0.15, 0.2) is 5.69 Å². The molecule has 1 fully saturated rings. The molecule has 0 aromatic carbocycles. The van der Waals surface area contributed by atoms with Crippen LogP contribution in [0.25, 0.3) is 0 Å². The van der Waals surface area contributed by atoms with Crippen LogP contribution in [0.15, 0.2) is 29.3 Å². The fraction of sp³-hybridized carbons (Fsp3) is 0.400. The summed E-state index contributed by atoms with van der Waals surface area (Å²) in [5.41, 5.74) is 0.963. The highest BCUT2D eigenvalue weighted by Gasteiger charge is 2.25. The second-order valence-corrected chi connectivity index (χ2v) is 5.34. The molecule has 23 heavy (non-hydrogen) atoms. The molecule has 1 amide bonds. The molecule has 1 aliphatic carbocycles. The molecule has 0 spiro atoms. The Hall–Kier alpha value is -2.77. The number of aromatic nitrogens is 4. The van der Waals surface area contributed by atoms with Crippen molar-refractivity contribution in [2.75, 3.05) is 13.7 Å². The number of carbonyl (C=O) groups is 1. The molecule has 2 aromatic heterocycles. The van der Waals surface area contributed by atoms with Crippen LogP contribution >= 0.6 is 0 Å². The van der Waals surface area contributed by atoms with Gasteiger partial charge in [-0.05, 0) is 18.9 Å².